The van der Waals surface area contributed by atoms with Gasteiger partial charge in [-0.05, 0) is 44.5 Å². The second-order valence-electron chi connectivity index (χ2n) is 4.95. The summed E-state index contributed by atoms with van der Waals surface area (Å²) in [5.74, 6) is 2.21. The average Bonchev–Trinajstić information content (AvgIpc) is 2.53. The number of pyridine rings is 1. The predicted molar refractivity (Wildman–Crippen MR) is 92.3 cm³/mol. The standard InChI is InChI=1S/C18H20N2O2S/c1-4-21-16-7-5-6-8-17(16)22-9-10-23-18-15(12-19)13(2)11-14(3)20-18/h5-8,11H,4,9-10H2,1-3H3. The van der Waals surface area contributed by atoms with Crippen LogP contribution in [0.1, 0.15) is 23.7 Å². The summed E-state index contributed by atoms with van der Waals surface area (Å²) in [5.41, 5.74) is 2.53. The highest BCUT2D eigenvalue weighted by Gasteiger charge is 2.09. The number of nitriles is 1. The third-order valence-electron chi connectivity index (χ3n) is 3.15. The zero-order valence-electron chi connectivity index (χ0n) is 13.6. The van der Waals surface area contributed by atoms with Crippen LogP contribution >= 0.6 is 11.8 Å². The number of para-hydroxylation sites is 2. The van der Waals surface area contributed by atoms with E-state index in [-0.39, 0.29) is 0 Å². The fourth-order valence-electron chi connectivity index (χ4n) is 2.18. The molecule has 23 heavy (non-hydrogen) atoms. The van der Waals surface area contributed by atoms with Crippen LogP contribution in [-0.2, 0) is 0 Å². The first-order chi connectivity index (χ1) is 11.2. The number of nitrogens with zero attached hydrogens (tertiary/aromatic N) is 2. The molecule has 0 saturated carbocycles. The van der Waals surface area contributed by atoms with Crippen LogP contribution in [0.2, 0.25) is 0 Å². The van der Waals surface area contributed by atoms with Crippen molar-refractivity contribution < 1.29 is 9.47 Å². The highest BCUT2D eigenvalue weighted by atomic mass is 32.2. The van der Waals surface area contributed by atoms with Gasteiger partial charge in [0.25, 0.3) is 0 Å². The lowest BCUT2D eigenvalue weighted by Crippen LogP contribution is -2.04. The number of hydrogen-bond donors (Lipinski definition) is 0. The number of rotatable bonds is 7. The molecule has 2 rings (SSSR count). The number of aryl methyl sites for hydroxylation is 2. The van der Waals surface area contributed by atoms with Crippen molar-refractivity contribution in [1.82, 2.24) is 4.98 Å². The van der Waals surface area contributed by atoms with E-state index in [1.54, 1.807) is 0 Å². The highest BCUT2D eigenvalue weighted by Crippen LogP contribution is 2.27. The van der Waals surface area contributed by atoms with Crippen LogP contribution in [0.15, 0.2) is 35.4 Å². The Labute approximate surface area is 141 Å². The molecule has 4 nitrogen and oxygen atoms in total. The van der Waals surface area contributed by atoms with E-state index in [2.05, 4.69) is 11.1 Å². The third-order valence-corrected chi connectivity index (χ3v) is 4.09. The van der Waals surface area contributed by atoms with E-state index in [0.29, 0.717) is 24.5 Å². The molecule has 0 N–H and O–H groups in total. The van der Waals surface area contributed by atoms with Crippen LogP contribution in [-0.4, -0.2) is 24.0 Å². The lowest BCUT2D eigenvalue weighted by atomic mass is 10.1. The van der Waals surface area contributed by atoms with Crippen molar-refractivity contribution >= 4 is 11.8 Å². The van der Waals surface area contributed by atoms with Gasteiger partial charge in [-0.1, -0.05) is 12.1 Å². The minimum Gasteiger partial charge on any atom is -0.490 e. The first kappa shape index (κ1) is 17.2. The van der Waals surface area contributed by atoms with E-state index in [4.69, 9.17) is 9.47 Å². The Morgan fingerprint density at radius 3 is 2.52 bits per heavy atom. The molecule has 0 bridgehead atoms. The zero-order valence-corrected chi connectivity index (χ0v) is 14.4. The number of aromatic nitrogens is 1. The Bertz CT molecular complexity index is 711. The second-order valence-corrected chi connectivity index (χ2v) is 6.03. The summed E-state index contributed by atoms with van der Waals surface area (Å²) in [6, 6.07) is 11.8. The van der Waals surface area contributed by atoms with Gasteiger partial charge in [-0.2, -0.15) is 5.26 Å². The van der Waals surface area contributed by atoms with Crippen molar-refractivity contribution in [3.8, 4) is 17.6 Å². The normalized spacial score (nSPS) is 10.2. The second kappa shape index (κ2) is 8.44. The van der Waals surface area contributed by atoms with E-state index in [0.717, 1.165) is 27.8 Å². The summed E-state index contributed by atoms with van der Waals surface area (Å²) in [5, 5.41) is 10.0. The first-order valence-corrected chi connectivity index (χ1v) is 8.50. The van der Waals surface area contributed by atoms with Crippen LogP contribution < -0.4 is 9.47 Å². The molecule has 1 heterocycles. The Balaban J connectivity index is 1.95. The van der Waals surface area contributed by atoms with Gasteiger partial charge in [0.2, 0.25) is 0 Å². The lowest BCUT2D eigenvalue weighted by molar-refractivity contribution is 0.289. The lowest BCUT2D eigenvalue weighted by Gasteiger charge is -2.12. The van der Waals surface area contributed by atoms with Crippen LogP contribution in [0.4, 0.5) is 0 Å². The number of hydrogen-bond acceptors (Lipinski definition) is 5. The minimum atomic E-state index is 0.522. The van der Waals surface area contributed by atoms with Crippen molar-refractivity contribution in [3.05, 3.63) is 47.2 Å². The molecular weight excluding hydrogens is 308 g/mol. The number of thioether (sulfide) groups is 1. The van der Waals surface area contributed by atoms with Gasteiger partial charge in [0.15, 0.2) is 11.5 Å². The fourth-order valence-corrected chi connectivity index (χ4v) is 3.10. The van der Waals surface area contributed by atoms with Crippen LogP contribution in [0.5, 0.6) is 11.5 Å². The van der Waals surface area contributed by atoms with Crippen molar-refractivity contribution in [2.24, 2.45) is 0 Å². The highest BCUT2D eigenvalue weighted by molar-refractivity contribution is 7.99. The SMILES string of the molecule is CCOc1ccccc1OCCSc1nc(C)cc(C)c1C#N. The van der Waals surface area contributed by atoms with Gasteiger partial charge in [0.1, 0.15) is 11.1 Å². The summed E-state index contributed by atoms with van der Waals surface area (Å²) in [6.07, 6.45) is 0. The average molecular weight is 328 g/mol. The van der Waals surface area contributed by atoms with Crippen molar-refractivity contribution in [1.29, 1.82) is 5.26 Å². The van der Waals surface area contributed by atoms with Gasteiger partial charge in [-0.25, -0.2) is 4.98 Å². The summed E-state index contributed by atoms with van der Waals surface area (Å²) >= 11 is 1.54. The number of ether oxygens (including phenoxy) is 2. The molecule has 0 aliphatic rings. The molecule has 5 heteroatoms. The third kappa shape index (κ3) is 4.64. The molecule has 0 aliphatic heterocycles. The maximum absolute atomic E-state index is 9.27. The molecule has 2 aromatic rings. The predicted octanol–water partition coefficient (Wildman–Crippen LogP) is 4.14. The van der Waals surface area contributed by atoms with Crippen molar-refractivity contribution in [3.63, 3.8) is 0 Å². The van der Waals surface area contributed by atoms with Crippen LogP contribution in [0.3, 0.4) is 0 Å². The number of benzene rings is 1. The summed E-state index contributed by atoms with van der Waals surface area (Å²) < 4.78 is 11.3. The molecule has 1 aromatic carbocycles. The Kier molecular flexibility index (Phi) is 6.30. The molecule has 0 aliphatic carbocycles. The van der Waals surface area contributed by atoms with E-state index in [1.807, 2.05) is 51.1 Å². The quantitative estimate of drug-likeness (QED) is 0.565. The molecule has 0 spiro atoms. The molecule has 0 saturated heterocycles. The topological polar surface area (TPSA) is 55.1 Å². The van der Waals surface area contributed by atoms with Gasteiger partial charge in [0.05, 0.1) is 18.8 Å². The van der Waals surface area contributed by atoms with Gasteiger partial charge >= 0.3 is 0 Å². The maximum Gasteiger partial charge on any atom is 0.161 e. The van der Waals surface area contributed by atoms with E-state index in [1.165, 1.54) is 11.8 Å². The smallest absolute Gasteiger partial charge is 0.161 e. The maximum atomic E-state index is 9.27. The molecule has 0 amide bonds. The van der Waals surface area contributed by atoms with Gasteiger partial charge in [0, 0.05) is 11.4 Å². The Morgan fingerprint density at radius 1 is 1.17 bits per heavy atom. The fraction of sp³-hybridized carbons (Fsp3) is 0.333. The van der Waals surface area contributed by atoms with E-state index in [9.17, 15) is 5.26 Å². The Morgan fingerprint density at radius 2 is 1.87 bits per heavy atom. The Hall–Kier alpha value is -2.19. The van der Waals surface area contributed by atoms with Crippen LogP contribution in [0, 0.1) is 25.2 Å². The van der Waals surface area contributed by atoms with E-state index >= 15 is 0 Å². The molecular formula is C18H20N2O2S. The van der Waals surface area contributed by atoms with Gasteiger partial charge in [-0.15, -0.1) is 11.8 Å². The van der Waals surface area contributed by atoms with Crippen molar-refractivity contribution in [2.45, 2.75) is 25.8 Å². The zero-order chi connectivity index (χ0) is 16.7. The first-order valence-electron chi connectivity index (χ1n) is 7.51. The minimum absolute atomic E-state index is 0.522. The van der Waals surface area contributed by atoms with Gasteiger partial charge < -0.3 is 9.47 Å². The van der Waals surface area contributed by atoms with Crippen molar-refractivity contribution in [2.75, 3.05) is 19.0 Å². The molecule has 0 fully saturated rings. The molecule has 120 valence electrons. The summed E-state index contributed by atoms with van der Waals surface area (Å²) in [6.45, 7) is 6.95. The molecule has 1 aromatic heterocycles. The van der Waals surface area contributed by atoms with E-state index < -0.39 is 0 Å². The molecule has 0 atom stereocenters. The molecule has 0 unspecified atom stereocenters. The molecule has 0 radical (unpaired) electrons. The van der Waals surface area contributed by atoms with Crippen LogP contribution in [0.25, 0.3) is 0 Å². The summed E-state index contributed by atoms with van der Waals surface area (Å²) in [7, 11) is 0. The monoisotopic (exact) mass is 328 g/mol. The largest absolute Gasteiger partial charge is 0.490 e. The van der Waals surface area contributed by atoms with Gasteiger partial charge in [-0.3, -0.25) is 0 Å². The summed E-state index contributed by atoms with van der Waals surface area (Å²) in [4.78, 5) is 4.46.